The molecule has 0 spiro atoms. The first-order chi connectivity index (χ1) is 8.77. The fraction of sp³-hybridized carbons (Fsp3) is 0.385. The molecule has 0 aliphatic heterocycles. The Kier molecular flexibility index (Phi) is 4.04. The van der Waals surface area contributed by atoms with Gasteiger partial charge in [0.25, 0.3) is 0 Å². The van der Waals surface area contributed by atoms with E-state index < -0.39 is 0 Å². The minimum absolute atomic E-state index is 0.243. The molecule has 0 fully saturated rings. The Hall–Kier alpha value is -1.75. The third-order valence-corrected chi connectivity index (χ3v) is 2.87. The topological polar surface area (TPSA) is 42.7 Å². The third-order valence-electron chi connectivity index (χ3n) is 2.87. The molecule has 0 saturated heterocycles. The number of rotatable bonds is 5. The zero-order valence-electron chi connectivity index (χ0n) is 10.6. The lowest BCUT2D eigenvalue weighted by molar-refractivity contribution is 0.520. The van der Waals surface area contributed by atoms with Crippen LogP contribution < -0.4 is 5.32 Å². The molecule has 2 aromatic heterocycles. The van der Waals surface area contributed by atoms with Crippen LogP contribution in [0.3, 0.4) is 0 Å². The predicted octanol–water partition coefficient (Wildman–Crippen LogP) is 2.14. The lowest BCUT2D eigenvalue weighted by Gasteiger charge is -2.19. The summed E-state index contributed by atoms with van der Waals surface area (Å²) >= 11 is 0. The fourth-order valence-corrected chi connectivity index (χ4v) is 2.01. The summed E-state index contributed by atoms with van der Waals surface area (Å²) in [6.07, 6.45) is 6.47. The maximum atomic E-state index is 13.9. The number of aryl methyl sites for hydroxylation is 1. The molecule has 1 atom stereocenters. The Morgan fingerprint density at radius 1 is 1.39 bits per heavy atom. The van der Waals surface area contributed by atoms with E-state index in [-0.39, 0.29) is 11.9 Å². The van der Waals surface area contributed by atoms with Crippen molar-refractivity contribution in [2.75, 3.05) is 6.54 Å². The maximum Gasteiger partial charge on any atom is 0.146 e. The van der Waals surface area contributed by atoms with E-state index in [1.165, 1.54) is 6.20 Å². The van der Waals surface area contributed by atoms with Gasteiger partial charge in [0.1, 0.15) is 11.6 Å². The van der Waals surface area contributed by atoms with E-state index in [0.29, 0.717) is 5.56 Å². The van der Waals surface area contributed by atoms with Gasteiger partial charge in [0.05, 0.1) is 12.2 Å². The first-order valence-electron chi connectivity index (χ1n) is 6.11. The molecular weight excluding hydrogens is 231 g/mol. The van der Waals surface area contributed by atoms with Gasteiger partial charge in [-0.2, -0.15) is 0 Å². The highest BCUT2D eigenvalue weighted by atomic mass is 19.1. The average molecular weight is 248 g/mol. The zero-order valence-corrected chi connectivity index (χ0v) is 10.6. The molecule has 0 aliphatic rings. The molecule has 0 saturated carbocycles. The van der Waals surface area contributed by atoms with Crippen LogP contribution in [0.1, 0.15) is 31.3 Å². The van der Waals surface area contributed by atoms with Gasteiger partial charge in [-0.25, -0.2) is 9.37 Å². The van der Waals surface area contributed by atoms with E-state index in [4.69, 9.17) is 0 Å². The number of hydrogen-bond donors (Lipinski definition) is 1. The van der Waals surface area contributed by atoms with Crippen molar-refractivity contribution in [2.45, 2.75) is 26.4 Å². The van der Waals surface area contributed by atoms with Crippen molar-refractivity contribution < 1.29 is 4.39 Å². The lowest BCUT2D eigenvalue weighted by Crippen LogP contribution is -2.26. The molecule has 1 unspecified atom stereocenters. The minimum atomic E-state index is -0.311. The smallest absolute Gasteiger partial charge is 0.146 e. The first-order valence-corrected chi connectivity index (χ1v) is 6.11. The summed E-state index contributed by atoms with van der Waals surface area (Å²) in [5, 5.41) is 3.27. The van der Waals surface area contributed by atoms with Crippen molar-refractivity contribution in [1.29, 1.82) is 0 Å². The van der Waals surface area contributed by atoms with Crippen molar-refractivity contribution in [3.8, 4) is 0 Å². The predicted molar refractivity (Wildman–Crippen MR) is 67.6 cm³/mol. The highest BCUT2D eigenvalue weighted by Crippen LogP contribution is 2.22. The van der Waals surface area contributed by atoms with Crippen LogP contribution in [0.4, 0.5) is 4.39 Å². The van der Waals surface area contributed by atoms with Crippen LogP contribution in [0.2, 0.25) is 0 Å². The van der Waals surface area contributed by atoms with E-state index in [1.54, 1.807) is 18.5 Å². The van der Waals surface area contributed by atoms with Gasteiger partial charge in [-0.3, -0.25) is 4.98 Å². The van der Waals surface area contributed by atoms with Gasteiger partial charge < -0.3 is 9.88 Å². The lowest BCUT2D eigenvalue weighted by atomic mass is 10.1. The summed E-state index contributed by atoms with van der Waals surface area (Å²) in [6.45, 7) is 5.58. The van der Waals surface area contributed by atoms with Crippen molar-refractivity contribution >= 4 is 0 Å². The van der Waals surface area contributed by atoms with Crippen molar-refractivity contribution in [3.63, 3.8) is 0 Å². The van der Waals surface area contributed by atoms with Crippen LogP contribution in [0.25, 0.3) is 0 Å². The van der Waals surface area contributed by atoms with Crippen LogP contribution >= 0.6 is 0 Å². The molecule has 0 aromatic carbocycles. The second-order valence-electron chi connectivity index (χ2n) is 3.96. The van der Waals surface area contributed by atoms with Crippen molar-refractivity contribution in [2.24, 2.45) is 0 Å². The normalized spacial score (nSPS) is 12.6. The molecule has 18 heavy (non-hydrogen) atoms. The molecule has 2 heterocycles. The van der Waals surface area contributed by atoms with E-state index in [9.17, 15) is 4.39 Å². The Balaban J connectivity index is 2.43. The molecule has 2 rings (SSSR count). The van der Waals surface area contributed by atoms with Crippen LogP contribution in [0.5, 0.6) is 0 Å². The maximum absolute atomic E-state index is 13.9. The second kappa shape index (κ2) is 5.73. The number of pyridine rings is 1. The summed E-state index contributed by atoms with van der Waals surface area (Å²) in [5.41, 5.74) is 0.577. The largest absolute Gasteiger partial charge is 0.334 e. The molecular formula is C13H17FN4. The Labute approximate surface area is 106 Å². The Bertz CT molecular complexity index is 509. The highest BCUT2D eigenvalue weighted by Gasteiger charge is 2.20. The summed E-state index contributed by atoms with van der Waals surface area (Å²) in [7, 11) is 0. The van der Waals surface area contributed by atoms with Crippen LogP contribution in [0.15, 0.2) is 30.9 Å². The molecule has 96 valence electrons. The van der Waals surface area contributed by atoms with Crippen molar-refractivity contribution in [3.05, 3.63) is 48.1 Å². The molecule has 0 amide bonds. The van der Waals surface area contributed by atoms with Crippen LogP contribution in [-0.4, -0.2) is 21.1 Å². The third kappa shape index (κ3) is 2.41. The van der Waals surface area contributed by atoms with E-state index in [2.05, 4.69) is 15.3 Å². The second-order valence-corrected chi connectivity index (χ2v) is 3.96. The van der Waals surface area contributed by atoms with Crippen LogP contribution in [-0.2, 0) is 6.54 Å². The highest BCUT2D eigenvalue weighted by molar-refractivity contribution is 5.24. The number of halogens is 1. The fourth-order valence-electron chi connectivity index (χ4n) is 2.01. The van der Waals surface area contributed by atoms with Gasteiger partial charge in [-0.05, 0) is 19.5 Å². The summed E-state index contributed by atoms with van der Waals surface area (Å²) in [4.78, 5) is 8.12. The Morgan fingerprint density at radius 2 is 2.22 bits per heavy atom. The summed E-state index contributed by atoms with van der Waals surface area (Å²) in [5.74, 6) is 0.513. The first kappa shape index (κ1) is 12.7. The number of hydrogen-bond acceptors (Lipinski definition) is 3. The molecule has 0 radical (unpaired) electrons. The van der Waals surface area contributed by atoms with Gasteiger partial charge in [0.15, 0.2) is 0 Å². The van der Waals surface area contributed by atoms with Gasteiger partial charge in [-0.1, -0.05) is 6.92 Å². The monoisotopic (exact) mass is 248 g/mol. The zero-order chi connectivity index (χ0) is 13.0. The summed E-state index contributed by atoms with van der Waals surface area (Å²) < 4.78 is 15.9. The van der Waals surface area contributed by atoms with E-state index in [0.717, 1.165) is 18.9 Å². The van der Waals surface area contributed by atoms with Gasteiger partial charge in [-0.15, -0.1) is 0 Å². The molecule has 5 heteroatoms. The molecule has 1 N–H and O–H groups in total. The standard InChI is InChI=1S/C13H17FN4/c1-3-16-12(10-5-6-15-9-11(10)14)13-17-7-8-18(13)4-2/h5-9,12,16H,3-4H2,1-2H3. The van der Waals surface area contributed by atoms with E-state index >= 15 is 0 Å². The van der Waals surface area contributed by atoms with Crippen LogP contribution in [0, 0.1) is 5.82 Å². The summed E-state index contributed by atoms with van der Waals surface area (Å²) in [6, 6.07) is 1.45. The average Bonchev–Trinajstić information content (AvgIpc) is 2.85. The quantitative estimate of drug-likeness (QED) is 0.881. The van der Waals surface area contributed by atoms with Gasteiger partial charge in [0, 0.05) is 30.7 Å². The number of imidazole rings is 1. The molecule has 2 aromatic rings. The number of aromatic nitrogens is 3. The van der Waals surface area contributed by atoms with Gasteiger partial charge >= 0.3 is 0 Å². The Morgan fingerprint density at radius 3 is 2.89 bits per heavy atom. The number of nitrogens with zero attached hydrogens (tertiary/aromatic N) is 3. The molecule has 0 aliphatic carbocycles. The minimum Gasteiger partial charge on any atom is -0.334 e. The molecule has 4 nitrogen and oxygen atoms in total. The number of nitrogens with one attached hydrogen (secondary N) is 1. The van der Waals surface area contributed by atoms with Crippen molar-refractivity contribution in [1.82, 2.24) is 19.9 Å². The SMILES string of the molecule is CCNC(c1ccncc1F)c1nccn1CC. The van der Waals surface area contributed by atoms with Gasteiger partial charge in [0.2, 0.25) is 0 Å². The van der Waals surface area contributed by atoms with E-state index in [1.807, 2.05) is 24.6 Å². The molecule has 0 bridgehead atoms.